The first kappa shape index (κ1) is 12.9. The van der Waals surface area contributed by atoms with Crippen molar-refractivity contribution in [1.29, 1.82) is 0 Å². The van der Waals surface area contributed by atoms with Crippen LogP contribution in [0.2, 0.25) is 0 Å². The van der Waals surface area contributed by atoms with Crippen molar-refractivity contribution in [2.45, 2.75) is 18.6 Å². The first-order chi connectivity index (χ1) is 7.79. The number of aromatic amines is 1. The third-order valence-electron chi connectivity index (χ3n) is 1.73. The topological polar surface area (TPSA) is 108 Å². The molecule has 0 aromatic carbocycles. The maximum atomic E-state index is 12.2. The Kier molecular flexibility index (Phi) is 3.66. The monoisotopic (exact) mass is 252 g/mol. The van der Waals surface area contributed by atoms with Gasteiger partial charge in [0.25, 0.3) is 0 Å². The van der Waals surface area contributed by atoms with Gasteiger partial charge in [-0.1, -0.05) is 5.21 Å². The largest absolute Gasteiger partial charge is 0.474 e. The lowest BCUT2D eigenvalue weighted by Gasteiger charge is -2.16. The van der Waals surface area contributed by atoms with E-state index < -0.39 is 30.5 Å². The van der Waals surface area contributed by atoms with Crippen LogP contribution in [-0.2, 0) is 9.59 Å². The molecule has 0 spiro atoms. The zero-order valence-corrected chi connectivity index (χ0v) is 8.15. The van der Waals surface area contributed by atoms with E-state index in [1.807, 2.05) is 0 Å². The van der Waals surface area contributed by atoms with Crippen molar-refractivity contribution >= 4 is 11.9 Å². The summed E-state index contributed by atoms with van der Waals surface area (Å²) in [6.45, 7) is 0. The number of aromatic nitrogens is 3. The summed E-state index contributed by atoms with van der Waals surface area (Å²) in [5.41, 5.74) is -0.197. The third kappa shape index (κ3) is 4.09. The lowest BCUT2D eigenvalue weighted by Crippen LogP contribution is -2.36. The number of carboxylic acid groups (broad SMARTS) is 1. The molecule has 0 aliphatic heterocycles. The number of halogens is 3. The molecule has 7 nitrogen and oxygen atoms in total. The summed E-state index contributed by atoms with van der Waals surface area (Å²) in [5.74, 6) is -3.41. The predicted molar refractivity (Wildman–Crippen MR) is 45.6 cm³/mol. The van der Waals surface area contributed by atoms with Crippen LogP contribution in [0.3, 0.4) is 0 Å². The molecular formula is C7H7F3N4O3. The van der Waals surface area contributed by atoms with E-state index in [-0.39, 0.29) is 5.69 Å². The van der Waals surface area contributed by atoms with Gasteiger partial charge in [0, 0.05) is 6.20 Å². The van der Waals surface area contributed by atoms with Gasteiger partial charge in [-0.25, -0.2) is 4.79 Å². The molecule has 10 heteroatoms. The summed E-state index contributed by atoms with van der Waals surface area (Å²) in [6.07, 6.45) is -4.97. The van der Waals surface area contributed by atoms with E-state index >= 15 is 0 Å². The van der Waals surface area contributed by atoms with Crippen molar-refractivity contribution < 1.29 is 27.9 Å². The quantitative estimate of drug-likeness (QED) is 0.656. The molecular weight excluding hydrogens is 245 g/mol. The molecule has 0 aliphatic rings. The highest BCUT2D eigenvalue weighted by atomic mass is 19.4. The molecule has 0 saturated heterocycles. The van der Waals surface area contributed by atoms with Gasteiger partial charge in [-0.15, -0.1) is 5.10 Å². The van der Waals surface area contributed by atoms with Gasteiger partial charge < -0.3 is 10.4 Å². The van der Waals surface area contributed by atoms with Crippen LogP contribution in [0.4, 0.5) is 13.2 Å². The highest BCUT2D eigenvalue weighted by Gasteiger charge is 2.35. The fourth-order valence-corrected chi connectivity index (χ4v) is 1.06. The minimum Gasteiger partial charge on any atom is -0.474 e. The number of aliphatic carboxylic acids is 1. The van der Waals surface area contributed by atoms with Crippen LogP contribution < -0.4 is 5.32 Å². The van der Waals surface area contributed by atoms with Crippen molar-refractivity contribution in [3.05, 3.63) is 11.9 Å². The van der Waals surface area contributed by atoms with Crippen LogP contribution in [0.25, 0.3) is 0 Å². The Balaban J connectivity index is 2.81. The number of alkyl halides is 3. The number of rotatable bonds is 3. The summed E-state index contributed by atoms with van der Waals surface area (Å²) in [7, 11) is 0. The van der Waals surface area contributed by atoms with Crippen molar-refractivity contribution in [3.63, 3.8) is 0 Å². The van der Waals surface area contributed by atoms with Crippen LogP contribution in [0.1, 0.15) is 18.2 Å². The SMILES string of the molecule is O=C(O)C(=O)NC(CC(F)(F)F)c1c[nH]nn1. The molecule has 0 saturated carbocycles. The maximum Gasteiger partial charge on any atom is 0.394 e. The molecule has 1 heterocycles. The summed E-state index contributed by atoms with van der Waals surface area (Å²) >= 11 is 0. The van der Waals surface area contributed by atoms with Crippen LogP contribution in [-0.4, -0.2) is 38.6 Å². The number of H-pyrrole nitrogens is 1. The van der Waals surface area contributed by atoms with E-state index in [9.17, 15) is 22.8 Å². The van der Waals surface area contributed by atoms with E-state index in [2.05, 4.69) is 15.4 Å². The van der Waals surface area contributed by atoms with Crippen molar-refractivity contribution in [3.8, 4) is 0 Å². The Morgan fingerprint density at radius 3 is 2.59 bits per heavy atom. The molecule has 3 N–H and O–H groups in total. The second-order valence-corrected chi connectivity index (χ2v) is 3.05. The molecule has 1 rings (SSSR count). The van der Waals surface area contributed by atoms with Crippen LogP contribution in [0.15, 0.2) is 6.20 Å². The van der Waals surface area contributed by atoms with Crippen molar-refractivity contribution in [2.24, 2.45) is 0 Å². The number of nitrogens with one attached hydrogen (secondary N) is 2. The summed E-state index contributed by atoms with van der Waals surface area (Å²) < 4.78 is 36.6. The summed E-state index contributed by atoms with van der Waals surface area (Å²) in [5, 5.41) is 18.6. The molecule has 0 aliphatic carbocycles. The Labute approximate surface area is 92.0 Å². The Morgan fingerprint density at radius 2 is 2.18 bits per heavy atom. The van der Waals surface area contributed by atoms with Gasteiger partial charge >= 0.3 is 18.1 Å². The smallest absolute Gasteiger partial charge is 0.394 e. The van der Waals surface area contributed by atoms with E-state index in [0.29, 0.717) is 0 Å². The van der Waals surface area contributed by atoms with Crippen molar-refractivity contribution in [2.75, 3.05) is 0 Å². The highest BCUT2D eigenvalue weighted by molar-refractivity contribution is 6.31. The molecule has 0 bridgehead atoms. The standard InChI is InChI=1S/C7H7F3N4O3/c8-7(9,10)1-3(4-2-11-14-13-4)12-5(15)6(16)17/h2-3H,1H2,(H,12,15)(H,16,17)(H,11,13,14). The number of carbonyl (C=O) groups is 2. The minimum atomic E-state index is -4.57. The summed E-state index contributed by atoms with van der Waals surface area (Å²) in [4.78, 5) is 21.0. The molecule has 94 valence electrons. The number of amides is 1. The Hall–Kier alpha value is -2.13. The minimum absolute atomic E-state index is 0.197. The zero-order chi connectivity index (χ0) is 13.1. The number of carbonyl (C=O) groups excluding carboxylic acids is 1. The normalized spacial score (nSPS) is 13.1. The molecule has 17 heavy (non-hydrogen) atoms. The molecule has 1 unspecified atom stereocenters. The van der Waals surface area contributed by atoms with Gasteiger partial charge in [-0.3, -0.25) is 9.89 Å². The first-order valence-corrected chi connectivity index (χ1v) is 4.26. The molecule has 1 aromatic rings. The van der Waals surface area contributed by atoms with Gasteiger partial charge in [-0.2, -0.15) is 13.2 Å². The van der Waals surface area contributed by atoms with Crippen LogP contribution in [0.5, 0.6) is 0 Å². The fraction of sp³-hybridized carbons (Fsp3) is 0.429. The summed E-state index contributed by atoms with van der Waals surface area (Å²) in [6, 6.07) is -1.59. The van der Waals surface area contributed by atoms with Gasteiger partial charge in [0.1, 0.15) is 5.69 Å². The van der Waals surface area contributed by atoms with E-state index in [4.69, 9.17) is 5.11 Å². The van der Waals surface area contributed by atoms with Crippen molar-refractivity contribution in [1.82, 2.24) is 20.7 Å². The van der Waals surface area contributed by atoms with E-state index in [0.717, 1.165) is 6.20 Å². The van der Waals surface area contributed by atoms with Gasteiger partial charge in [0.05, 0.1) is 12.5 Å². The predicted octanol–water partition coefficient (Wildman–Crippen LogP) is -0.00100. The van der Waals surface area contributed by atoms with Crippen LogP contribution in [0, 0.1) is 0 Å². The van der Waals surface area contributed by atoms with E-state index in [1.54, 1.807) is 5.32 Å². The number of nitrogens with zero attached hydrogens (tertiary/aromatic N) is 2. The zero-order valence-electron chi connectivity index (χ0n) is 8.15. The number of carboxylic acids is 1. The molecule has 1 amide bonds. The fourth-order valence-electron chi connectivity index (χ4n) is 1.06. The average Bonchev–Trinajstić information content (AvgIpc) is 2.66. The highest BCUT2D eigenvalue weighted by Crippen LogP contribution is 2.28. The maximum absolute atomic E-state index is 12.2. The molecule has 1 atom stereocenters. The second kappa shape index (κ2) is 4.80. The van der Waals surface area contributed by atoms with E-state index in [1.165, 1.54) is 0 Å². The number of hydrogen-bond acceptors (Lipinski definition) is 4. The lowest BCUT2D eigenvalue weighted by atomic mass is 10.1. The van der Waals surface area contributed by atoms with Gasteiger partial charge in [-0.05, 0) is 0 Å². The van der Waals surface area contributed by atoms with Gasteiger partial charge in [0.2, 0.25) is 0 Å². The van der Waals surface area contributed by atoms with Crippen LogP contribution >= 0.6 is 0 Å². The first-order valence-electron chi connectivity index (χ1n) is 4.26. The molecule has 1 aromatic heterocycles. The van der Waals surface area contributed by atoms with Gasteiger partial charge in [0.15, 0.2) is 0 Å². The third-order valence-corrected chi connectivity index (χ3v) is 1.73. The second-order valence-electron chi connectivity index (χ2n) is 3.05. The Bertz CT molecular complexity index is 403. The Morgan fingerprint density at radius 1 is 1.53 bits per heavy atom. The molecule has 0 radical (unpaired) electrons. The number of hydrogen-bond donors (Lipinski definition) is 3. The molecule has 0 fully saturated rings. The average molecular weight is 252 g/mol. The lowest BCUT2D eigenvalue weighted by molar-refractivity contribution is -0.154.